The fourth-order valence-electron chi connectivity index (χ4n) is 2.24. The number of hydrogen-bond acceptors (Lipinski definition) is 3. The summed E-state index contributed by atoms with van der Waals surface area (Å²) in [5.74, 6) is -0.749. The van der Waals surface area contributed by atoms with Crippen LogP contribution in [0, 0.1) is 11.6 Å². The maximum Gasteiger partial charge on any atom is 0.257 e. The number of halogens is 3. The summed E-state index contributed by atoms with van der Waals surface area (Å²) < 4.78 is 26.7. The standard InChI is InChI=1S/C19H14ClF2N3O/c20-15-9-14(6-7-17(15)22)25-19(26)13-5-8-18(24-11-13)23-10-12-3-1-2-4-16(12)21/h1-9,11H,10H2,(H,23,24)(H,25,26). The molecule has 0 fully saturated rings. The number of nitrogens with one attached hydrogen (secondary N) is 2. The van der Waals surface area contributed by atoms with Gasteiger partial charge in [-0.3, -0.25) is 4.79 Å². The minimum absolute atomic E-state index is 0.0754. The first-order valence-corrected chi connectivity index (χ1v) is 8.10. The van der Waals surface area contributed by atoms with E-state index >= 15 is 0 Å². The molecule has 1 amide bonds. The third kappa shape index (κ3) is 4.34. The van der Waals surface area contributed by atoms with Gasteiger partial charge >= 0.3 is 0 Å². The van der Waals surface area contributed by atoms with E-state index in [1.165, 1.54) is 30.5 Å². The molecule has 4 nitrogen and oxygen atoms in total. The van der Waals surface area contributed by atoms with Gasteiger partial charge in [-0.15, -0.1) is 0 Å². The van der Waals surface area contributed by atoms with E-state index in [0.29, 0.717) is 22.6 Å². The van der Waals surface area contributed by atoms with E-state index in [4.69, 9.17) is 11.6 Å². The highest BCUT2D eigenvalue weighted by Gasteiger charge is 2.09. The maximum atomic E-state index is 13.6. The molecule has 0 saturated heterocycles. The lowest BCUT2D eigenvalue weighted by Gasteiger charge is -2.08. The van der Waals surface area contributed by atoms with Gasteiger partial charge in [0.1, 0.15) is 17.5 Å². The molecule has 0 bridgehead atoms. The van der Waals surface area contributed by atoms with Crippen LogP contribution in [-0.4, -0.2) is 10.9 Å². The highest BCUT2D eigenvalue weighted by molar-refractivity contribution is 6.31. The summed E-state index contributed by atoms with van der Waals surface area (Å²) in [6.45, 7) is 0.277. The Balaban J connectivity index is 1.62. The first-order chi connectivity index (χ1) is 12.5. The topological polar surface area (TPSA) is 54.0 Å². The van der Waals surface area contributed by atoms with Crippen molar-refractivity contribution in [1.82, 2.24) is 4.98 Å². The number of carbonyl (C=O) groups is 1. The largest absolute Gasteiger partial charge is 0.366 e. The summed E-state index contributed by atoms with van der Waals surface area (Å²) in [5.41, 5.74) is 1.22. The Morgan fingerprint density at radius 3 is 2.54 bits per heavy atom. The van der Waals surface area contributed by atoms with E-state index in [1.54, 1.807) is 30.3 Å². The Labute approximate surface area is 153 Å². The predicted octanol–water partition coefficient (Wildman–Crippen LogP) is 4.88. The van der Waals surface area contributed by atoms with Crippen molar-refractivity contribution in [3.8, 4) is 0 Å². The van der Waals surface area contributed by atoms with Gasteiger partial charge in [-0.25, -0.2) is 13.8 Å². The van der Waals surface area contributed by atoms with E-state index in [2.05, 4.69) is 15.6 Å². The molecule has 1 aromatic heterocycles. The molecule has 1 heterocycles. The Kier molecular flexibility index (Phi) is 5.43. The van der Waals surface area contributed by atoms with Gasteiger partial charge in [0.25, 0.3) is 5.91 Å². The van der Waals surface area contributed by atoms with Crippen molar-refractivity contribution in [2.45, 2.75) is 6.54 Å². The molecule has 3 rings (SSSR count). The van der Waals surface area contributed by atoms with Crippen molar-refractivity contribution >= 4 is 29.0 Å². The van der Waals surface area contributed by atoms with Crippen LogP contribution < -0.4 is 10.6 Å². The number of benzene rings is 2. The molecule has 0 spiro atoms. The molecular formula is C19H14ClF2N3O. The quantitative estimate of drug-likeness (QED) is 0.670. The van der Waals surface area contributed by atoms with Crippen LogP contribution in [0.2, 0.25) is 5.02 Å². The molecule has 0 aliphatic carbocycles. The van der Waals surface area contributed by atoms with Crippen molar-refractivity contribution < 1.29 is 13.6 Å². The fourth-order valence-corrected chi connectivity index (χ4v) is 2.42. The van der Waals surface area contributed by atoms with Crippen LogP contribution in [0.4, 0.5) is 20.3 Å². The number of nitrogens with zero attached hydrogens (tertiary/aromatic N) is 1. The molecule has 2 N–H and O–H groups in total. The Morgan fingerprint density at radius 2 is 1.85 bits per heavy atom. The molecule has 7 heteroatoms. The second kappa shape index (κ2) is 7.93. The van der Waals surface area contributed by atoms with Gasteiger partial charge in [-0.2, -0.15) is 0 Å². The molecule has 0 radical (unpaired) electrons. The van der Waals surface area contributed by atoms with Crippen molar-refractivity contribution in [3.05, 3.63) is 88.6 Å². The zero-order valence-corrected chi connectivity index (χ0v) is 14.2. The third-order valence-corrected chi connectivity index (χ3v) is 3.91. The third-order valence-electron chi connectivity index (χ3n) is 3.62. The predicted molar refractivity (Wildman–Crippen MR) is 97.3 cm³/mol. The summed E-state index contributed by atoms with van der Waals surface area (Å²) in [5, 5.41) is 5.53. The number of rotatable bonds is 5. The highest BCUT2D eigenvalue weighted by atomic mass is 35.5. The van der Waals surface area contributed by atoms with Crippen LogP contribution in [0.1, 0.15) is 15.9 Å². The smallest absolute Gasteiger partial charge is 0.257 e. The second-order valence-electron chi connectivity index (χ2n) is 5.46. The number of hydrogen-bond donors (Lipinski definition) is 2. The zero-order chi connectivity index (χ0) is 18.5. The molecule has 0 saturated carbocycles. The molecule has 3 aromatic rings. The van der Waals surface area contributed by atoms with Gasteiger partial charge in [0.2, 0.25) is 0 Å². The molecule has 2 aromatic carbocycles. The van der Waals surface area contributed by atoms with E-state index in [9.17, 15) is 13.6 Å². The molecule has 0 unspecified atom stereocenters. The first-order valence-electron chi connectivity index (χ1n) is 7.72. The highest BCUT2D eigenvalue weighted by Crippen LogP contribution is 2.20. The second-order valence-corrected chi connectivity index (χ2v) is 5.87. The first kappa shape index (κ1) is 17.8. The molecule has 0 aliphatic heterocycles. The molecule has 132 valence electrons. The van der Waals surface area contributed by atoms with E-state index < -0.39 is 11.7 Å². The van der Waals surface area contributed by atoms with Crippen LogP contribution in [-0.2, 0) is 6.54 Å². The van der Waals surface area contributed by atoms with E-state index in [0.717, 1.165) is 0 Å². The Morgan fingerprint density at radius 1 is 1.04 bits per heavy atom. The Hall–Kier alpha value is -2.99. The van der Waals surface area contributed by atoms with E-state index in [1.807, 2.05) is 0 Å². The summed E-state index contributed by atoms with van der Waals surface area (Å²) in [6.07, 6.45) is 1.39. The zero-order valence-electron chi connectivity index (χ0n) is 13.5. The van der Waals surface area contributed by atoms with Gasteiger partial charge in [0.05, 0.1) is 10.6 Å². The van der Waals surface area contributed by atoms with Gasteiger partial charge in [0, 0.05) is 24.0 Å². The average Bonchev–Trinajstić information content (AvgIpc) is 2.64. The summed E-state index contributed by atoms with van der Waals surface area (Å²) >= 11 is 5.69. The number of anilines is 2. The summed E-state index contributed by atoms with van der Waals surface area (Å²) in [7, 11) is 0. The van der Waals surface area contributed by atoms with Crippen LogP contribution in [0.15, 0.2) is 60.8 Å². The minimum atomic E-state index is -0.559. The number of pyridine rings is 1. The van der Waals surface area contributed by atoms with Crippen LogP contribution >= 0.6 is 11.6 Å². The van der Waals surface area contributed by atoms with Gasteiger partial charge in [-0.05, 0) is 36.4 Å². The molecule has 26 heavy (non-hydrogen) atoms. The normalized spacial score (nSPS) is 10.4. The van der Waals surface area contributed by atoms with Crippen LogP contribution in [0.25, 0.3) is 0 Å². The lowest BCUT2D eigenvalue weighted by molar-refractivity contribution is 0.102. The summed E-state index contributed by atoms with van der Waals surface area (Å²) in [6, 6.07) is 13.6. The van der Waals surface area contributed by atoms with Crippen molar-refractivity contribution in [3.63, 3.8) is 0 Å². The monoisotopic (exact) mass is 373 g/mol. The molecular weight excluding hydrogens is 360 g/mol. The van der Waals surface area contributed by atoms with Crippen molar-refractivity contribution in [2.75, 3.05) is 10.6 Å². The SMILES string of the molecule is O=C(Nc1ccc(F)c(Cl)c1)c1ccc(NCc2ccccc2F)nc1. The summed E-state index contributed by atoms with van der Waals surface area (Å²) in [4.78, 5) is 16.3. The maximum absolute atomic E-state index is 13.6. The van der Waals surface area contributed by atoms with Crippen molar-refractivity contribution in [2.24, 2.45) is 0 Å². The Bertz CT molecular complexity index is 932. The lowest BCUT2D eigenvalue weighted by atomic mass is 10.2. The van der Waals surface area contributed by atoms with Gasteiger partial charge in [-0.1, -0.05) is 29.8 Å². The molecule has 0 aliphatic rings. The number of amides is 1. The molecule has 0 atom stereocenters. The van der Waals surface area contributed by atoms with Gasteiger partial charge in [0.15, 0.2) is 0 Å². The van der Waals surface area contributed by atoms with Gasteiger partial charge < -0.3 is 10.6 Å². The minimum Gasteiger partial charge on any atom is -0.366 e. The fraction of sp³-hybridized carbons (Fsp3) is 0.0526. The van der Waals surface area contributed by atoms with Crippen LogP contribution in [0.3, 0.4) is 0 Å². The average molecular weight is 374 g/mol. The van der Waals surface area contributed by atoms with Crippen molar-refractivity contribution in [1.29, 1.82) is 0 Å². The lowest BCUT2D eigenvalue weighted by Crippen LogP contribution is -2.12. The van der Waals surface area contributed by atoms with E-state index in [-0.39, 0.29) is 17.4 Å². The van der Waals surface area contributed by atoms with Crippen LogP contribution in [0.5, 0.6) is 0 Å². The number of carbonyl (C=O) groups excluding carboxylic acids is 1. The number of aromatic nitrogens is 1.